The Bertz CT molecular complexity index is 513. The number of hydrogen-bond acceptors (Lipinski definition) is 6. The maximum absolute atomic E-state index is 10.7. The van der Waals surface area contributed by atoms with E-state index in [4.69, 9.17) is 0 Å². The van der Waals surface area contributed by atoms with Crippen LogP contribution in [0.3, 0.4) is 0 Å². The van der Waals surface area contributed by atoms with Crippen LogP contribution in [0.25, 0.3) is 0 Å². The van der Waals surface area contributed by atoms with Crippen molar-refractivity contribution >= 4 is 22.7 Å². The molecule has 2 N–H and O–H groups in total. The van der Waals surface area contributed by atoms with E-state index in [1.807, 2.05) is 0 Å². The molecule has 0 atom stereocenters. The van der Waals surface area contributed by atoms with E-state index < -0.39 is 31.8 Å². The predicted octanol–water partition coefficient (Wildman–Crippen LogP) is 0.236. The highest BCUT2D eigenvalue weighted by molar-refractivity contribution is 5.74. The third-order valence-electron chi connectivity index (χ3n) is 2.03. The second kappa shape index (κ2) is 4.49. The van der Waals surface area contributed by atoms with Gasteiger partial charge in [0.25, 0.3) is 0 Å². The highest BCUT2D eigenvalue weighted by Gasteiger charge is 2.40. The summed E-state index contributed by atoms with van der Waals surface area (Å²) in [5, 5.41) is 33.3. The van der Waals surface area contributed by atoms with Crippen molar-refractivity contribution in [2.24, 2.45) is 0 Å². The van der Waals surface area contributed by atoms with E-state index in [-0.39, 0.29) is 5.69 Å². The second-order valence-corrected chi connectivity index (χ2v) is 2.93. The fraction of sp³-hybridized carbons (Fsp3) is 0.143. The molecular formula is C7H7N4O6+. The van der Waals surface area contributed by atoms with E-state index in [1.54, 1.807) is 0 Å². The van der Waals surface area contributed by atoms with Crippen LogP contribution in [0.1, 0.15) is 0 Å². The van der Waals surface area contributed by atoms with Gasteiger partial charge in [0.1, 0.15) is 0 Å². The number of nitrogens with zero attached hydrogens (tertiary/aromatic N) is 3. The minimum atomic E-state index is -1.12. The Morgan fingerprint density at radius 3 is 1.82 bits per heavy atom. The molecular weight excluding hydrogens is 236 g/mol. The Labute approximate surface area is 93.3 Å². The minimum absolute atomic E-state index is 0.0349. The van der Waals surface area contributed by atoms with Gasteiger partial charge in [0, 0.05) is 12.1 Å². The van der Waals surface area contributed by atoms with Crippen molar-refractivity contribution in [3.05, 3.63) is 42.5 Å². The Kier molecular flexibility index (Phi) is 3.29. The first-order valence-electron chi connectivity index (χ1n) is 4.29. The van der Waals surface area contributed by atoms with Crippen molar-refractivity contribution < 1.29 is 20.1 Å². The molecule has 0 unspecified atom stereocenters. The molecule has 0 aliphatic carbocycles. The van der Waals surface area contributed by atoms with Gasteiger partial charge in [0.15, 0.2) is 0 Å². The molecule has 0 aliphatic heterocycles. The molecule has 90 valence electrons. The molecule has 17 heavy (non-hydrogen) atoms. The van der Waals surface area contributed by atoms with E-state index in [9.17, 15) is 30.3 Å². The third-order valence-corrected chi connectivity index (χ3v) is 2.03. The van der Waals surface area contributed by atoms with Crippen LogP contribution >= 0.6 is 0 Å². The van der Waals surface area contributed by atoms with Gasteiger partial charge in [-0.25, -0.2) is 0 Å². The average molecular weight is 243 g/mol. The SMILES string of the molecule is C[NH2+]c1ccc([N+](=O)[O-])c([N+](=O)[O-])c1[N+](=O)[O-]. The van der Waals surface area contributed by atoms with Gasteiger partial charge >= 0.3 is 17.1 Å². The van der Waals surface area contributed by atoms with Crippen LogP contribution in [0, 0.1) is 30.3 Å². The van der Waals surface area contributed by atoms with Gasteiger partial charge in [0.05, 0.1) is 21.8 Å². The van der Waals surface area contributed by atoms with Crippen molar-refractivity contribution in [3.8, 4) is 0 Å². The van der Waals surface area contributed by atoms with Gasteiger partial charge in [-0.3, -0.25) is 30.3 Å². The van der Waals surface area contributed by atoms with Crippen molar-refractivity contribution in [3.63, 3.8) is 0 Å². The van der Waals surface area contributed by atoms with Crippen molar-refractivity contribution in [2.45, 2.75) is 0 Å². The zero-order valence-corrected chi connectivity index (χ0v) is 8.52. The predicted molar refractivity (Wildman–Crippen MR) is 53.9 cm³/mol. The lowest BCUT2D eigenvalue weighted by Gasteiger charge is -1.99. The monoisotopic (exact) mass is 243 g/mol. The summed E-state index contributed by atoms with van der Waals surface area (Å²) in [6.45, 7) is 0. The van der Waals surface area contributed by atoms with Gasteiger partial charge in [-0.15, -0.1) is 0 Å². The number of rotatable bonds is 4. The normalized spacial score (nSPS) is 9.94. The molecule has 0 aliphatic rings. The van der Waals surface area contributed by atoms with Gasteiger partial charge in [-0.1, -0.05) is 0 Å². The largest absolute Gasteiger partial charge is 0.428 e. The summed E-state index contributed by atoms with van der Waals surface area (Å²) in [5.74, 6) is 0. The molecule has 0 radical (unpaired) electrons. The molecule has 0 spiro atoms. The van der Waals surface area contributed by atoms with Crippen LogP contribution in [0.4, 0.5) is 22.7 Å². The third kappa shape index (κ3) is 2.15. The fourth-order valence-electron chi connectivity index (χ4n) is 1.34. The van der Waals surface area contributed by atoms with E-state index in [1.165, 1.54) is 12.4 Å². The van der Waals surface area contributed by atoms with Gasteiger partial charge < -0.3 is 5.32 Å². The summed E-state index contributed by atoms with van der Waals surface area (Å²) < 4.78 is 0. The van der Waals surface area contributed by atoms with Gasteiger partial charge in [-0.2, -0.15) is 0 Å². The standard InChI is InChI=1S/C7H6N4O6/c1-8-4-2-3-5(9(12)13)7(11(16)17)6(4)10(14)15/h2-3,8H,1H3/p+1. The lowest BCUT2D eigenvalue weighted by molar-refractivity contribution is -0.548. The summed E-state index contributed by atoms with van der Waals surface area (Å²) in [5.41, 5.74) is -2.90. The van der Waals surface area contributed by atoms with Crippen molar-refractivity contribution in [1.29, 1.82) is 0 Å². The lowest BCUT2D eigenvalue weighted by atomic mass is 10.2. The Balaban J connectivity index is 3.71. The van der Waals surface area contributed by atoms with Crippen molar-refractivity contribution in [2.75, 3.05) is 7.05 Å². The highest BCUT2D eigenvalue weighted by atomic mass is 16.6. The number of hydrogen-bond donors (Lipinski definition) is 1. The average Bonchev–Trinajstić information content (AvgIpc) is 2.26. The van der Waals surface area contributed by atoms with Crippen LogP contribution in [0.15, 0.2) is 12.1 Å². The molecule has 1 aromatic rings. The summed E-state index contributed by atoms with van der Waals surface area (Å²) in [6.07, 6.45) is 0. The number of nitro benzene ring substituents is 3. The first-order chi connectivity index (χ1) is 7.90. The molecule has 0 saturated carbocycles. The van der Waals surface area contributed by atoms with Gasteiger partial charge in [0.2, 0.25) is 5.69 Å². The van der Waals surface area contributed by atoms with Crippen molar-refractivity contribution in [1.82, 2.24) is 0 Å². The molecule has 0 amide bonds. The Morgan fingerprint density at radius 1 is 0.941 bits per heavy atom. The maximum Gasteiger partial charge on any atom is 0.428 e. The second-order valence-electron chi connectivity index (χ2n) is 2.93. The number of nitro groups is 3. The first kappa shape index (κ1) is 12.4. The fourth-order valence-corrected chi connectivity index (χ4v) is 1.34. The van der Waals surface area contributed by atoms with Crippen LogP contribution in [0.2, 0.25) is 0 Å². The molecule has 10 nitrogen and oxygen atoms in total. The van der Waals surface area contributed by atoms with Crippen LogP contribution in [0.5, 0.6) is 0 Å². The van der Waals surface area contributed by atoms with E-state index in [0.717, 1.165) is 12.1 Å². The summed E-state index contributed by atoms with van der Waals surface area (Å²) in [7, 11) is 1.44. The minimum Gasteiger partial charge on any atom is -0.310 e. The molecule has 0 bridgehead atoms. The summed E-state index contributed by atoms with van der Waals surface area (Å²) in [4.78, 5) is 28.9. The summed E-state index contributed by atoms with van der Waals surface area (Å²) in [6, 6.07) is 1.98. The Hall–Kier alpha value is -2.62. The number of benzene rings is 1. The molecule has 0 saturated heterocycles. The quantitative estimate of drug-likeness (QED) is 0.455. The number of nitrogens with two attached hydrogens (primary N) is 1. The highest BCUT2D eigenvalue weighted by Crippen LogP contribution is 2.39. The summed E-state index contributed by atoms with van der Waals surface area (Å²) >= 11 is 0. The maximum atomic E-state index is 10.7. The molecule has 10 heteroatoms. The first-order valence-corrected chi connectivity index (χ1v) is 4.29. The zero-order chi connectivity index (χ0) is 13.2. The number of quaternary nitrogens is 1. The van der Waals surface area contributed by atoms with Gasteiger partial charge in [-0.05, 0) is 0 Å². The lowest BCUT2D eigenvalue weighted by Crippen LogP contribution is -2.72. The smallest absolute Gasteiger partial charge is 0.310 e. The molecule has 1 aromatic carbocycles. The topological polar surface area (TPSA) is 146 Å². The molecule has 0 heterocycles. The van der Waals surface area contributed by atoms with Crippen LogP contribution < -0.4 is 5.32 Å². The van der Waals surface area contributed by atoms with Crippen LogP contribution in [-0.4, -0.2) is 21.8 Å². The van der Waals surface area contributed by atoms with E-state index >= 15 is 0 Å². The van der Waals surface area contributed by atoms with E-state index in [2.05, 4.69) is 0 Å². The zero-order valence-electron chi connectivity index (χ0n) is 8.52. The molecule has 0 fully saturated rings. The molecule has 1 rings (SSSR count). The van der Waals surface area contributed by atoms with E-state index in [0.29, 0.717) is 0 Å². The van der Waals surface area contributed by atoms with Crippen LogP contribution in [-0.2, 0) is 0 Å². The Morgan fingerprint density at radius 2 is 1.47 bits per heavy atom. The molecule has 0 aromatic heterocycles.